The van der Waals surface area contributed by atoms with Crippen molar-refractivity contribution < 1.29 is 31.4 Å². The highest BCUT2D eigenvalue weighted by Crippen LogP contribution is 2.63. The van der Waals surface area contributed by atoms with Crippen LogP contribution in [0.3, 0.4) is 0 Å². The average Bonchev–Trinajstić information content (AvgIpc) is 3.07. The Morgan fingerprint density at radius 1 is 0.667 bits per heavy atom. The number of fused-ring (bicyclic) bond motifs is 4. The largest absolute Gasteiger partial charge is 0.430 e. The van der Waals surface area contributed by atoms with E-state index < -0.39 is 23.9 Å². The second kappa shape index (κ2) is 7.61. The van der Waals surface area contributed by atoms with Gasteiger partial charge in [-0.05, 0) is 77.1 Å². The lowest BCUT2D eigenvalue weighted by Crippen LogP contribution is -2.26. The van der Waals surface area contributed by atoms with Crippen LogP contribution in [0.25, 0.3) is 0 Å². The average molecular weight is 464 g/mol. The van der Waals surface area contributed by atoms with Crippen molar-refractivity contribution in [1.29, 1.82) is 0 Å². The Balaban J connectivity index is 1.82. The topological polar surface area (TPSA) is 18.5 Å². The van der Waals surface area contributed by atoms with Crippen LogP contribution in [0.4, 0.5) is 22.0 Å². The summed E-state index contributed by atoms with van der Waals surface area (Å²) in [7, 11) is 0. The second-order valence-electron chi connectivity index (χ2n) is 10.2. The van der Waals surface area contributed by atoms with Crippen LogP contribution in [-0.4, -0.2) is 0 Å². The Morgan fingerprint density at radius 3 is 1.48 bits per heavy atom. The van der Waals surface area contributed by atoms with Crippen molar-refractivity contribution in [3.8, 4) is 11.5 Å². The fourth-order valence-corrected chi connectivity index (χ4v) is 5.73. The third kappa shape index (κ3) is 3.81. The van der Waals surface area contributed by atoms with Gasteiger partial charge in [0.1, 0.15) is 11.5 Å². The van der Waals surface area contributed by atoms with Gasteiger partial charge < -0.3 is 9.47 Å². The van der Waals surface area contributed by atoms with Gasteiger partial charge in [-0.1, -0.05) is 39.8 Å². The summed E-state index contributed by atoms with van der Waals surface area (Å²) in [5, 5.41) is 0. The highest BCUT2D eigenvalue weighted by Gasteiger charge is 2.56. The number of ether oxygens (including phenoxy) is 2. The van der Waals surface area contributed by atoms with Crippen LogP contribution in [0.15, 0.2) is 60.3 Å². The van der Waals surface area contributed by atoms with E-state index in [0.717, 1.165) is 42.0 Å². The maximum Gasteiger partial charge on any atom is 0.344 e. The fourth-order valence-electron chi connectivity index (χ4n) is 5.73. The first-order chi connectivity index (χ1) is 15.3. The number of rotatable bonds is 4. The van der Waals surface area contributed by atoms with Gasteiger partial charge in [0.2, 0.25) is 0 Å². The molecule has 0 heterocycles. The molecular weight excluding hydrogens is 439 g/mol. The molecule has 1 atom stereocenters. The highest BCUT2D eigenvalue weighted by molar-refractivity contribution is 5.61. The van der Waals surface area contributed by atoms with E-state index in [2.05, 4.69) is 27.7 Å². The van der Waals surface area contributed by atoms with E-state index in [1.807, 2.05) is 12.1 Å². The lowest BCUT2D eigenvalue weighted by atomic mass is 9.72. The molecule has 33 heavy (non-hydrogen) atoms. The predicted molar refractivity (Wildman–Crippen MR) is 115 cm³/mol. The van der Waals surface area contributed by atoms with Crippen molar-refractivity contribution >= 4 is 0 Å². The zero-order valence-electron chi connectivity index (χ0n) is 19.1. The Kier molecular flexibility index (Phi) is 5.38. The molecule has 2 aromatic rings. The Morgan fingerprint density at radius 2 is 1.09 bits per heavy atom. The Bertz CT molecular complexity index is 1090. The quantitative estimate of drug-likeness (QED) is 0.335. The third-order valence-corrected chi connectivity index (χ3v) is 6.79. The molecule has 0 saturated heterocycles. The monoisotopic (exact) mass is 464 g/mol. The number of hydrogen-bond acceptors (Lipinski definition) is 2. The van der Waals surface area contributed by atoms with Crippen molar-refractivity contribution in [3.63, 3.8) is 0 Å². The van der Waals surface area contributed by atoms with Crippen molar-refractivity contribution in [2.45, 2.75) is 63.7 Å². The van der Waals surface area contributed by atoms with Crippen LogP contribution in [0.2, 0.25) is 0 Å². The zero-order valence-corrected chi connectivity index (χ0v) is 19.1. The van der Waals surface area contributed by atoms with Crippen molar-refractivity contribution in [2.75, 3.05) is 0 Å². The molecule has 0 fully saturated rings. The summed E-state index contributed by atoms with van der Waals surface area (Å²) in [4.78, 5) is 0. The van der Waals surface area contributed by atoms with Crippen LogP contribution < -0.4 is 9.47 Å². The minimum atomic E-state index is -2.51. The molecule has 0 saturated carbocycles. The van der Waals surface area contributed by atoms with E-state index in [9.17, 15) is 22.0 Å². The summed E-state index contributed by atoms with van der Waals surface area (Å²) >= 11 is 0. The molecule has 0 aliphatic heterocycles. The first-order valence-corrected chi connectivity index (χ1v) is 10.7. The molecule has 2 aliphatic rings. The number of allylic oxidation sites excluding steroid dienone is 1. The molecule has 0 radical (unpaired) electrons. The minimum Gasteiger partial charge on any atom is -0.430 e. The molecule has 1 spiro atoms. The molecule has 0 N–H and O–H groups in total. The maximum atomic E-state index is 13.7. The van der Waals surface area contributed by atoms with Crippen LogP contribution in [0, 0.1) is 0 Å². The lowest BCUT2D eigenvalue weighted by molar-refractivity contribution is 0.241. The molecule has 4 rings (SSSR count). The first-order valence-electron chi connectivity index (χ1n) is 10.7. The van der Waals surface area contributed by atoms with Gasteiger partial charge in [0.15, 0.2) is 5.83 Å². The van der Waals surface area contributed by atoms with Crippen LogP contribution in [0.5, 0.6) is 11.5 Å². The number of benzene rings is 2. The van der Waals surface area contributed by atoms with Gasteiger partial charge in [0.05, 0.1) is 0 Å². The summed E-state index contributed by atoms with van der Waals surface area (Å²) < 4.78 is 75.0. The molecule has 2 aliphatic carbocycles. The van der Waals surface area contributed by atoms with E-state index in [1.54, 1.807) is 18.2 Å². The summed E-state index contributed by atoms with van der Waals surface area (Å²) in [6.45, 7) is 9.27. The SMILES string of the molecule is C/C(F)=C(/F)Oc1ccc2c(c1)C(C)(C)CC21CC(C)(C)c2cc(OC(F)=C(F)F)ccc21. The third-order valence-electron chi connectivity index (χ3n) is 6.79. The van der Waals surface area contributed by atoms with Gasteiger partial charge in [0.25, 0.3) is 0 Å². The molecule has 0 aromatic heterocycles. The van der Waals surface area contributed by atoms with Crippen LogP contribution >= 0.6 is 0 Å². The molecule has 1 unspecified atom stereocenters. The standard InChI is InChI=1S/C26H25F5O2/c1-14(27)22(30)32-15-6-8-17-19(10-15)24(2,3)12-26(17)13-25(4,5)20-11-16(7-9-18(20)26)33-23(31)21(28)29/h6-11H,12-13H2,1-5H3/b22-14+. The van der Waals surface area contributed by atoms with Gasteiger partial charge >= 0.3 is 18.1 Å². The van der Waals surface area contributed by atoms with Gasteiger partial charge in [-0.3, -0.25) is 0 Å². The van der Waals surface area contributed by atoms with E-state index >= 15 is 0 Å². The molecule has 7 heteroatoms. The summed E-state index contributed by atoms with van der Waals surface area (Å²) in [6.07, 6.45) is -1.02. The van der Waals surface area contributed by atoms with Crippen molar-refractivity contribution in [2.24, 2.45) is 0 Å². The Labute approximate surface area is 189 Å². The molecule has 2 aromatic carbocycles. The van der Waals surface area contributed by atoms with E-state index in [1.165, 1.54) is 6.07 Å². The van der Waals surface area contributed by atoms with Crippen LogP contribution in [0.1, 0.15) is 69.7 Å². The normalized spacial score (nSPS) is 22.5. The summed E-state index contributed by atoms with van der Waals surface area (Å²) in [6, 6.07) is 7.01. The number of hydrogen-bond donors (Lipinski definition) is 0. The molecular formula is C26H25F5O2. The van der Waals surface area contributed by atoms with Gasteiger partial charge in [0, 0.05) is 5.41 Å². The molecule has 0 bridgehead atoms. The Hall–Kier alpha value is -2.83. The van der Waals surface area contributed by atoms with Gasteiger partial charge in [-0.2, -0.15) is 17.6 Å². The van der Waals surface area contributed by atoms with Crippen LogP contribution in [-0.2, 0) is 16.2 Å². The predicted octanol–water partition coefficient (Wildman–Crippen LogP) is 8.26. The second-order valence-corrected chi connectivity index (χ2v) is 10.2. The molecule has 176 valence electrons. The molecule has 0 amide bonds. The van der Waals surface area contributed by atoms with E-state index in [4.69, 9.17) is 9.47 Å². The summed E-state index contributed by atoms with van der Waals surface area (Å²) in [5.41, 5.74) is 2.95. The molecule has 2 nitrogen and oxygen atoms in total. The number of halogens is 5. The maximum absolute atomic E-state index is 13.7. The first kappa shape index (κ1) is 23.3. The van der Waals surface area contributed by atoms with Crippen molar-refractivity contribution in [1.82, 2.24) is 0 Å². The highest BCUT2D eigenvalue weighted by atomic mass is 19.3. The smallest absolute Gasteiger partial charge is 0.344 e. The van der Waals surface area contributed by atoms with Crippen molar-refractivity contribution in [3.05, 3.63) is 82.6 Å². The fraction of sp³-hybridized carbons (Fsp3) is 0.385. The van der Waals surface area contributed by atoms with Gasteiger partial charge in [-0.15, -0.1) is 0 Å². The zero-order chi connectivity index (χ0) is 24.3. The lowest BCUT2D eigenvalue weighted by Gasteiger charge is -2.30. The van der Waals surface area contributed by atoms with E-state index in [-0.39, 0.29) is 27.7 Å². The van der Waals surface area contributed by atoms with E-state index in [0.29, 0.717) is 0 Å². The van der Waals surface area contributed by atoms with Gasteiger partial charge in [-0.25, -0.2) is 4.39 Å². The minimum absolute atomic E-state index is 0.00857. The summed E-state index contributed by atoms with van der Waals surface area (Å²) in [5.74, 6) is -0.811.